The van der Waals surface area contributed by atoms with Gasteiger partial charge in [-0.3, -0.25) is 0 Å². The van der Waals surface area contributed by atoms with Crippen LogP contribution in [0.2, 0.25) is 0 Å². The fraction of sp³-hybridized carbons (Fsp3) is 0.286. The first-order valence-electron chi connectivity index (χ1n) is 5.79. The number of halogens is 1. The van der Waals surface area contributed by atoms with Crippen molar-refractivity contribution in [3.63, 3.8) is 0 Å². The summed E-state index contributed by atoms with van der Waals surface area (Å²) in [5.74, 6) is -0.441. The summed E-state index contributed by atoms with van der Waals surface area (Å²) >= 11 is 1.77. The van der Waals surface area contributed by atoms with Gasteiger partial charge in [0.05, 0.1) is 0 Å². The lowest BCUT2D eigenvalue weighted by Gasteiger charge is -2.04. The van der Waals surface area contributed by atoms with Crippen LogP contribution in [0, 0.1) is 19.7 Å². The minimum atomic E-state index is -0.408. The molecule has 2 nitrogen and oxygen atoms in total. The van der Waals surface area contributed by atoms with Crippen LogP contribution in [0.3, 0.4) is 0 Å². The molecule has 0 saturated carbocycles. The molecule has 0 radical (unpaired) electrons. The predicted molar refractivity (Wildman–Crippen MR) is 72.4 cm³/mol. The van der Waals surface area contributed by atoms with Crippen molar-refractivity contribution in [1.82, 2.24) is 5.32 Å². The Morgan fingerprint density at radius 3 is 2.56 bits per heavy atom. The molecule has 0 aliphatic heterocycles. The molecule has 0 atom stereocenters. The second kappa shape index (κ2) is 5.50. The molecule has 0 amide bonds. The van der Waals surface area contributed by atoms with Crippen molar-refractivity contribution in [3.05, 3.63) is 51.0 Å². The van der Waals surface area contributed by atoms with Crippen LogP contribution in [0.15, 0.2) is 24.3 Å². The fourth-order valence-electron chi connectivity index (χ4n) is 1.80. The Morgan fingerprint density at radius 2 is 1.94 bits per heavy atom. The van der Waals surface area contributed by atoms with E-state index in [0.29, 0.717) is 6.54 Å². The third-order valence-electron chi connectivity index (χ3n) is 2.79. The Morgan fingerprint density at radius 1 is 1.17 bits per heavy atom. The average molecular weight is 265 g/mol. The number of rotatable bonds is 4. The predicted octanol–water partition coefficient (Wildman–Crippen LogP) is 3.50. The van der Waals surface area contributed by atoms with Gasteiger partial charge >= 0.3 is 0 Å². The molecule has 0 spiro atoms. The largest absolute Gasteiger partial charge is 0.508 e. The van der Waals surface area contributed by atoms with Crippen LogP contribution in [-0.4, -0.2) is 5.11 Å². The van der Waals surface area contributed by atoms with E-state index in [-0.39, 0.29) is 5.75 Å². The van der Waals surface area contributed by atoms with E-state index in [1.165, 1.54) is 21.4 Å². The zero-order chi connectivity index (χ0) is 13.1. The number of phenolic OH excluding ortho intramolecular Hbond substituents is 1. The first kappa shape index (κ1) is 13.1. The van der Waals surface area contributed by atoms with Crippen molar-refractivity contribution in [3.8, 4) is 5.75 Å². The summed E-state index contributed by atoms with van der Waals surface area (Å²) < 4.78 is 13.0. The summed E-state index contributed by atoms with van der Waals surface area (Å²) in [7, 11) is 0. The number of thiophene rings is 1. The van der Waals surface area contributed by atoms with Gasteiger partial charge in [-0.1, -0.05) is 0 Å². The maximum Gasteiger partial charge on any atom is 0.127 e. The van der Waals surface area contributed by atoms with Crippen molar-refractivity contribution in [2.24, 2.45) is 0 Å². The van der Waals surface area contributed by atoms with E-state index in [1.54, 1.807) is 17.4 Å². The van der Waals surface area contributed by atoms with Gasteiger partial charge in [-0.15, -0.1) is 11.3 Å². The Kier molecular flexibility index (Phi) is 3.99. The fourth-order valence-corrected chi connectivity index (χ4v) is 2.83. The van der Waals surface area contributed by atoms with Gasteiger partial charge in [-0.25, -0.2) is 4.39 Å². The van der Waals surface area contributed by atoms with Crippen LogP contribution in [0.4, 0.5) is 4.39 Å². The lowest BCUT2D eigenvalue weighted by Crippen LogP contribution is -2.11. The van der Waals surface area contributed by atoms with Gasteiger partial charge in [0, 0.05) is 28.9 Å². The first-order chi connectivity index (χ1) is 8.54. The van der Waals surface area contributed by atoms with Gasteiger partial charge < -0.3 is 10.4 Å². The van der Waals surface area contributed by atoms with E-state index in [1.807, 2.05) is 0 Å². The number of hydrogen-bond donors (Lipinski definition) is 2. The number of hydrogen-bond acceptors (Lipinski definition) is 3. The van der Waals surface area contributed by atoms with Crippen LogP contribution in [-0.2, 0) is 13.1 Å². The molecule has 2 N–H and O–H groups in total. The topological polar surface area (TPSA) is 32.3 Å². The number of phenols is 1. The highest BCUT2D eigenvalue weighted by Gasteiger charge is 2.02. The molecule has 96 valence electrons. The van der Waals surface area contributed by atoms with E-state index in [0.717, 1.165) is 18.2 Å². The molecule has 0 fully saturated rings. The highest BCUT2D eigenvalue weighted by Crippen LogP contribution is 2.20. The van der Waals surface area contributed by atoms with E-state index in [4.69, 9.17) is 0 Å². The Bertz CT molecular complexity index is 511. The van der Waals surface area contributed by atoms with Crippen molar-refractivity contribution in [2.75, 3.05) is 0 Å². The first-order valence-corrected chi connectivity index (χ1v) is 6.61. The standard InChI is InChI=1S/C14H16FNOS/c1-9-3-14(18-10(9)2)8-16-7-11-4-12(15)6-13(17)5-11/h3-6,16-17H,7-8H2,1-2H3. The molecular formula is C14H16FNOS. The van der Waals surface area contributed by atoms with Crippen LogP contribution >= 0.6 is 11.3 Å². The minimum absolute atomic E-state index is 0.0328. The van der Waals surface area contributed by atoms with E-state index >= 15 is 0 Å². The number of benzene rings is 1. The van der Waals surface area contributed by atoms with Gasteiger partial charge in [-0.2, -0.15) is 0 Å². The maximum absolute atomic E-state index is 13.0. The molecule has 0 aliphatic rings. The highest BCUT2D eigenvalue weighted by atomic mass is 32.1. The molecule has 1 aromatic heterocycles. The van der Waals surface area contributed by atoms with Crippen molar-refractivity contribution < 1.29 is 9.50 Å². The number of nitrogens with one attached hydrogen (secondary N) is 1. The molecule has 2 rings (SSSR count). The van der Waals surface area contributed by atoms with Crippen molar-refractivity contribution in [1.29, 1.82) is 0 Å². The second-order valence-electron chi connectivity index (χ2n) is 4.37. The summed E-state index contributed by atoms with van der Waals surface area (Å²) in [5.41, 5.74) is 2.05. The van der Waals surface area contributed by atoms with Crippen molar-refractivity contribution >= 4 is 11.3 Å². The molecule has 0 aliphatic carbocycles. The summed E-state index contributed by atoms with van der Waals surface area (Å²) in [6, 6.07) is 6.27. The zero-order valence-electron chi connectivity index (χ0n) is 10.5. The van der Waals surface area contributed by atoms with Crippen LogP contribution in [0.1, 0.15) is 20.9 Å². The van der Waals surface area contributed by atoms with Crippen LogP contribution in [0.5, 0.6) is 5.75 Å². The summed E-state index contributed by atoms with van der Waals surface area (Å²) in [6.45, 7) is 5.51. The summed E-state index contributed by atoms with van der Waals surface area (Å²) in [6.07, 6.45) is 0. The molecule has 2 aromatic rings. The smallest absolute Gasteiger partial charge is 0.127 e. The van der Waals surface area contributed by atoms with Gasteiger partial charge in [0.15, 0.2) is 0 Å². The highest BCUT2D eigenvalue weighted by molar-refractivity contribution is 7.12. The average Bonchev–Trinajstić information content (AvgIpc) is 2.57. The van der Waals surface area contributed by atoms with E-state index < -0.39 is 5.82 Å². The van der Waals surface area contributed by atoms with E-state index in [2.05, 4.69) is 25.2 Å². The summed E-state index contributed by atoms with van der Waals surface area (Å²) in [5, 5.41) is 12.5. The van der Waals surface area contributed by atoms with Gasteiger partial charge in [0.25, 0.3) is 0 Å². The van der Waals surface area contributed by atoms with Crippen LogP contribution in [0.25, 0.3) is 0 Å². The molecule has 0 saturated heterocycles. The van der Waals surface area contributed by atoms with Gasteiger partial charge in [0.2, 0.25) is 0 Å². The van der Waals surface area contributed by atoms with Crippen molar-refractivity contribution in [2.45, 2.75) is 26.9 Å². The normalized spacial score (nSPS) is 10.8. The Labute approximate surface area is 110 Å². The second-order valence-corrected chi connectivity index (χ2v) is 5.71. The lowest BCUT2D eigenvalue weighted by atomic mass is 10.2. The van der Waals surface area contributed by atoms with Gasteiger partial charge in [-0.05, 0) is 43.2 Å². The molecule has 0 unspecified atom stereocenters. The molecule has 1 aromatic carbocycles. The SMILES string of the molecule is Cc1cc(CNCc2cc(O)cc(F)c2)sc1C. The molecule has 0 bridgehead atoms. The lowest BCUT2D eigenvalue weighted by molar-refractivity contribution is 0.467. The molecule has 18 heavy (non-hydrogen) atoms. The Hall–Kier alpha value is -1.39. The third kappa shape index (κ3) is 3.31. The molecule has 1 heterocycles. The maximum atomic E-state index is 13.0. The number of aromatic hydroxyl groups is 1. The zero-order valence-corrected chi connectivity index (χ0v) is 11.3. The molecule has 4 heteroatoms. The van der Waals surface area contributed by atoms with Crippen LogP contribution < -0.4 is 5.32 Å². The summed E-state index contributed by atoms with van der Waals surface area (Å²) in [4.78, 5) is 2.60. The third-order valence-corrected chi connectivity index (χ3v) is 3.94. The quantitative estimate of drug-likeness (QED) is 0.886. The minimum Gasteiger partial charge on any atom is -0.508 e. The number of aryl methyl sites for hydroxylation is 2. The monoisotopic (exact) mass is 265 g/mol. The Balaban J connectivity index is 1.92. The van der Waals surface area contributed by atoms with Gasteiger partial charge in [0.1, 0.15) is 11.6 Å². The van der Waals surface area contributed by atoms with E-state index in [9.17, 15) is 9.50 Å². The molecular weight excluding hydrogens is 249 g/mol.